The fourth-order valence-electron chi connectivity index (χ4n) is 3.60. The molecule has 0 bridgehead atoms. The summed E-state index contributed by atoms with van der Waals surface area (Å²) in [5, 5.41) is 15.2. The van der Waals surface area contributed by atoms with Crippen LogP contribution in [0.4, 0.5) is 5.13 Å². The number of nitrogen functional groups attached to an aromatic ring is 1. The molecule has 194 valence electrons. The predicted octanol–water partition coefficient (Wildman–Crippen LogP) is -1.75. The zero-order valence-corrected chi connectivity index (χ0v) is 21.6. The molecule has 0 spiro atoms. The topological polar surface area (TPSA) is 222 Å². The molecule has 3 atom stereocenters. The van der Waals surface area contributed by atoms with E-state index in [9.17, 15) is 29.3 Å². The summed E-state index contributed by atoms with van der Waals surface area (Å²) < 4.78 is 9.06. The van der Waals surface area contributed by atoms with Gasteiger partial charge in [-0.15, -0.1) is 16.7 Å². The summed E-state index contributed by atoms with van der Waals surface area (Å²) in [5.74, 6) is -2.71. The van der Waals surface area contributed by atoms with Gasteiger partial charge in [0.2, 0.25) is 5.71 Å². The van der Waals surface area contributed by atoms with E-state index in [0.29, 0.717) is 11.3 Å². The summed E-state index contributed by atoms with van der Waals surface area (Å²) in [6.07, 6.45) is 3.58. The van der Waals surface area contributed by atoms with E-state index in [0.717, 1.165) is 4.90 Å². The van der Waals surface area contributed by atoms with Crippen LogP contribution in [-0.4, -0.2) is 66.6 Å². The summed E-state index contributed by atoms with van der Waals surface area (Å²) in [4.78, 5) is 69.9. The SMILES string of the molecule is CCON=C(C(=O)NC1C(=O)N2C(C(=O)O)=C(C[n+]3ccccc3)CS[C@H]12)c1nc(N)[s+](N=[P+]([O-])[O-])n1. The molecule has 4 N–H and O–H groups in total. The molecule has 2 amide bonds. The van der Waals surface area contributed by atoms with Crippen molar-refractivity contribution in [3.8, 4) is 0 Å². The normalized spacial score (nSPS) is 19.6. The number of carbonyl (C=O) groups excluding carboxylic acids is 2. The highest BCUT2D eigenvalue weighted by Gasteiger charge is 2.55. The Labute approximate surface area is 217 Å². The molecule has 2 unspecified atom stereocenters. The number of β-lactam (4-membered cyclic amide) rings is 1. The van der Waals surface area contributed by atoms with Gasteiger partial charge in [0, 0.05) is 27.8 Å². The molecular weight excluding hydrogens is 547 g/mol. The number of aromatic nitrogens is 3. The zero-order valence-electron chi connectivity index (χ0n) is 19.1. The Kier molecular flexibility index (Phi) is 8.09. The number of amides is 2. The highest BCUT2D eigenvalue weighted by Crippen LogP contribution is 2.40. The Bertz CT molecular complexity index is 1330. The van der Waals surface area contributed by atoms with Crippen LogP contribution in [0, 0.1) is 0 Å². The third kappa shape index (κ3) is 5.60. The average Bonchev–Trinajstić information content (AvgIpc) is 3.21. The number of thioether (sulfide) groups is 1. The van der Waals surface area contributed by atoms with Crippen molar-refractivity contribution in [1.29, 1.82) is 0 Å². The monoisotopic (exact) mass is 567 g/mol. The fourth-order valence-corrected chi connectivity index (χ4v) is 6.48. The number of rotatable bonds is 9. The number of nitrogens with two attached hydrogens (primary N) is 1. The summed E-state index contributed by atoms with van der Waals surface area (Å²) in [6, 6.07) is 4.41. The number of hydrogen-bond acceptors (Lipinski definition) is 12. The number of carboxylic acid groups (broad SMARTS) is 1. The lowest BCUT2D eigenvalue weighted by Gasteiger charge is -2.49. The molecule has 15 nitrogen and oxygen atoms in total. The second-order valence-corrected chi connectivity index (χ2v) is 10.8. The van der Waals surface area contributed by atoms with E-state index in [1.54, 1.807) is 23.9 Å². The van der Waals surface area contributed by atoms with Crippen LogP contribution in [0.1, 0.15) is 12.7 Å². The summed E-state index contributed by atoms with van der Waals surface area (Å²) >= 11 is 1.31. The third-order valence-corrected chi connectivity index (χ3v) is 8.42. The minimum absolute atomic E-state index is 0.0926. The Balaban J connectivity index is 1.55. The molecule has 2 aliphatic rings. The van der Waals surface area contributed by atoms with Gasteiger partial charge in [-0.25, -0.2) is 9.36 Å². The Morgan fingerprint density at radius 3 is 2.78 bits per heavy atom. The van der Waals surface area contributed by atoms with Crippen LogP contribution >= 0.6 is 30.8 Å². The minimum Gasteiger partial charge on any atom is -0.610 e. The molecule has 1 saturated heterocycles. The standard InChI is InChI=1S/C19H19N8O7PS2/c1-2-34-23-11(14-22-19(20)37(24-14)25-35(32)33)15(28)21-12-16(29)27-13(18(30)31)10(9-36-17(12)27)8-26-6-4-3-5-7-26/h3-7,12,17H,2,8-9H2,1H3,(H3-2,20,21,22,24,25,28,30,31,32,33)/p+1/t12?,17-,37?/m1/s1. The van der Waals surface area contributed by atoms with Gasteiger partial charge < -0.3 is 30.8 Å². The molecule has 2 aliphatic heterocycles. The van der Waals surface area contributed by atoms with Crippen LogP contribution in [0.3, 0.4) is 0 Å². The van der Waals surface area contributed by atoms with Crippen molar-refractivity contribution in [3.63, 3.8) is 0 Å². The molecule has 4 heterocycles. The van der Waals surface area contributed by atoms with Crippen LogP contribution in [0.25, 0.3) is 0 Å². The van der Waals surface area contributed by atoms with Gasteiger partial charge in [0.1, 0.15) is 23.7 Å². The van der Waals surface area contributed by atoms with E-state index in [2.05, 4.69) is 24.0 Å². The van der Waals surface area contributed by atoms with Crippen molar-refractivity contribution >= 4 is 59.4 Å². The quantitative estimate of drug-likeness (QED) is 0.0770. The lowest BCUT2D eigenvalue weighted by molar-refractivity contribution is -0.689. The van der Waals surface area contributed by atoms with Gasteiger partial charge in [-0.3, -0.25) is 14.5 Å². The number of nitrogens with one attached hydrogen (secondary N) is 1. The lowest BCUT2D eigenvalue weighted by atomic mass is 10.0. The van der Waals surface area contributed by atoms with Crippen LogP contribution in [0.15, 0.2) is 51.2 Å². The molecule has 37 heavy (non-hydrogen) atoms. The lowest BCUT2D eigenvalue weighted by Crippen LogP contribution is -2.71. The zero-order chi connectivity index (χ0) is 26.7. The van der Waals surface area contributed by atoms with E-state index in [1.807, 2.05) is 18.2 Å². The minimum atomic E-state index is -3.16. The van der Waals surface area contributed by atoms with E-state index in [4.69, 9.17) is 10.6 Å². The largest absolute Gasteiger partial charge is 0.610 e. The molecular formula is C19H20N8O7PS2+. The number of fused-ring (bicyclic) bond motifs is 1. The third-order valence-electron chi connectivity index (χ3n) is 5.12. The van der Waals surface area contributed by atoms with Crippen LogP contribution < -0.4 is 25.4 Å². The summed E-state index contributed by atoms with van der Waals surface area (Å²) in [5.41, 5.74) is 5.68. The second-order valence-electron chi connectivity index (χ2n) is 7.47. The number of hydrogen-bond donors (Lipinski definition) is 3. The molecule has 2 aromatic rings. The first-order valence-corrected chi connectivity index (χ1v) is 13.9. The van der Waals surface area contributed by atoms with Crippen molar-refractivity contribution in [2.75, 3.05) is 18.1 Å². The number of carboxylic acids is 1. The molecule has 4 rings (SSSR count). The number of oxime groups is 1. The van der Waals surface area contributed by atoms with Crippen molar-refractivity contribution in [2.24, 2.45) is 9.31 Å². The molecule has 0 radical (unpaired) electrons. The van der Waals surface area contributed by atoms with Gasteiger partial charge in [0.05, 0.1) is 0 Å². The molecule has 0 saturated carbocycles. The first kappa shape index (κ1) is 26.6. The van der Waals surface area contributed by atoms with Crippen molar-refractivity contribution < 1.29 is 38.7 Å². The van der Waals surface area contributed by atoms with Crippen LogP contribution in [0.5, 0.6) is 0 Å². The van der Waals surface area contributed by atoms with Crippen LogP contribution in [-0.2, 0) is 25.8 Å². The van der Waals surface area contributed by atoms with Gasteiger partial charge in [-0.1, -0.05) is 11.2 Å². The van der Waals surface area contributed by atoms with Gasteiger partial charge in [0.25, 0.3) is 17.6 Å². The maximum absolute atomic E-state index is 13.0. The van der Waals surface area contributed by atoms with E-state index >= 15 is 0 Å². The Morgan fingerprint density at radius 2 is 2.14 bits per heavy atom. The van der Waals surface area contributed by atoms with E-state index in [1.165, 1.54) is 11.8 Å². The van der Waals surface area contributed by atoms with E-state index in [-0.39, 0.29) is 29.8 Å². The summed E-state index contributed by atoms with van der Waals surface area (Å²) in [6.45, 7) is 2.00. The van der Waals surface area contributed by atoms with E-state index < -0.39 is 53.9 Å². The number of anilines is 1. The number of carbonyl (C=O) groups is 3. The maximum atomic E-state index is 13.0. The van der Waals surface area contributed by atoms with Crippen molar-refractivity contribution in [2.45, 2.75) is 24.9 Å². The summed E-state index contributed by atoms with van der Waals surface area (Å²) in [7, 11) is -4.81. The molecule has 2 aromatic heterocycles. The number of pyridine rings is 1. The first-order chi connectivity index (χ1) is 17.7. The van der Waals surface area contributed by atoms with Gasteiger partial charge in [0.15, 0.2) is 31.3 Å². The number of nitrogens with zero attached hydrogens (tertiary/aromatic N) is 6. The predicted molar refractivity (Wildman–Crippen MR) is 128 cm³/mol. The highest BCUT2D eigenvalue weighted by atomic mass is 32.2. The Morgan fingerprint density at radius 1 is 1.41 bits per heavy atom. The van der Waals surface area contributed by atoms with Gasteiger partial charge >= 0.3 is 22.0 Å². The smallest absolute Gasteiger partial charge is 0.398 e. The van der Waals surface area contributed by atoms with Crippen molar-refractivity contribution in [3.05, 3.63) is 47.7 Å². The van der Waals surface area contributed by atoms with Crippen LogP contribution in [0.2, 0.25) is 0 Å². The second kappa shape index (κ2) is 11.3. The molecule has 0 aromatic carbocycles. The van der Waals surface area contributed by atoms with Gasteiger partial charge in [-0.05, 0) is 6.92 Å². The highest BCUT2D eigenvalue weighted by molar-refractivity contribution is 8.00. The first-order valence-electron chi connectivity index (χ1n) is 10.6. The molecule has 18 heteroatoms. The number of aliphatic carboxylic acids is 1. The Hall–Kier alpha value is -3.50. The van der Waals surface area contributed by atoms with Crippen molar-refractivity contribution in [1.82, 2.24) is 19.6 Å². The fraction of sp³-hybridized carbons (Fsp3) is 0.316. The molecule has 0 aliphatic carbocycles. The molecule has 1 fully saturated rings. The maximum Gasteiger partial charge on any atom is 0.398 e. The van der Waals surface area contributed by atoms with Gasteiger partial charge in [-0.2, -0.15) is 0 Å². The average molecular weight is 568 g/mol.